The van der Waals surface area contributed by atoms with Gasteiger partial charge < -0.3 is 9.84 Å². The molecule has 0 bridgehead atoms. The topological polar surface area (TPSA) is 63.6 Å². The maximum absolute atomic E-state index is 10.5. The summed E-state index contributed by atoms with van der Waals surface area (Å²) < 4.78 is 4.88. The third kappa shape index (κ3) is 33.3. The molecule has 1 N–H and O–H groups in total. The molecule has 4 nitrogen and oxygen atoms in total. The van der Waals surface area contributed by atoms with Crippen molar-refractivity contribution in [2.45, 2.75) is 78.6 Å². The largest absolute Gasteiger partial charge is 0.481 e. The molecule has 0 rings (SSSR count). The standard InChI is InChI=1S/C17H30O2.C2H4O2/c1-3-4-5-6-7-8-9-10-11-12-13-14-15-16-19-17(2)18;1-2(3)4/h6-9H,3-5,10-16H2,1-2H3;1H3,(H,3,4)/b7-6-,9-8-;. The van der Waals surface area contributed by atoms with E-state index < -0.39 is 5.97 Å². The number of carboxylic acid groups (broad SMARTS) is 1. The van der Waals surface area contributed by atoms with E-state index in [1.54, 1.807) is 0 Å². The molecule has 134 valence electrons. The molecule has 0 heterocycles. The summed E-state index contributed by atoms with van der Waals surface area (Å²) in [5.41, 5.74) is 0. The van der Waals surface area contributed by atoms with Gasteiger partial charge in [0.05, 0.1) is 6.61 Å². The van der Waals surface area contributed by atoms with Crippen LogP contribution in [0.5, 0.6) is 0 Å². The summed E-state index contributed by atoms with van der Waals surface area (Å²) in [6.07, 6.45) is 19.7. The van der Waals surface area contributed by atoms with Gasteiger partial charge >= 0.3 is 5.97 Å². The van der Waals surface area contributed by atoms with E-state index in [0.717, 1.165) is 19.8 Å². The van der Waals surface area contributed by atoms with Crippen LogP contribution in [0.1, 0.15) is 78.6 Å². The summed E-state index contributed by atoms with van der Waals surface area (Å²) in [4.78, 5) is 19.5. The Kier molecular flexibility index (Phi) is 21.0. The minimum atomic E-state index is -0.833. The molecule has 0 spiro atoms. The number of hydrogen-bond acceptors (Lipinski definition) is 3. The summed E-state index contributed by atoms with van der Waals surface area (Å²) in [6.45, 7) is 5.34. The lowest BCUT2D eigenvalue weighted by Crippen LogP contribution is -1.99. The highest BCUT2D eigenvalue weighted by atomic mass is 16.5. The average Bonchev–Trinajstić information content (AvgIpc) is 2.47. The molecule has 23 heavy (non-hydrogen) atoms. The van der Waals surface area contributed by atoms with Crippen molar-refractivity contribution in [1.29, 1.82) is 0 Å². The lowest BCUT2D eigenvalue weighted by atomic mass is 10.1. The smallest absolute Gasteiger partial charge is 0.302 e. The Morgan fingerprint density at radius 3 is 1.87 bits per heavy atom. The SMILES string of the molecule is CC(=O)O.CCCC/C=C\C=C/CCCCCCCOC(C)=O. The summed E-state index contributed by atoms with van der Waals surface area (Å²) in [7, 11) is 0. The van der Waals surface area contributed by atoms with Crippen LogP contribution in [0.3, 0.4) is 0 Å². The highest BCUT2D eigenvalue weighted by Gasteiger charge is 1.93. The van der Waals surface area contributed by atoms with E-state index in [2.05, 4.69) is 31.2 Å². The van der Waals surface area contributed by atoms with E-state index in [1.807, 2.05) is 0 Å². The highest BCUT2D eigenvalue weighted by Crippen LogP contribution is 2.06. The van der Waals surface area contributed by atoms with Crippen molar-refractivity contribution in [1.82, 2.24) is 0 Å². The number of carbonyl (C=O) groups is 2. The second-order valence-electron chi connectivity index (χ2n) is 5.41. The molecular weight excluding hydrogens is 292 g/mol. The second kappa shape index (κ2) is 20.4. The fourth-order valence-electron chi connectivity index (χ4n) is 1.78. The number of rotatable bonds is 12. The van der Waals surface area contributed by atoms with Gasteiger partial charge in [-0.25, -0.2) is 0 Å². The first-order valence-corrected chi connectivity index (χ1v) is 8.65. The number of aliphatic carboxylic acids is 1. The van der Waals surface area contributed by atoms with E-state index in [-0.39, 0.29) is 5.97 Å². The van der Waals surface area contributed by atoms with E-state index in [9.17, 15) is 4.79 Å². The van der Waals surface area contributed by atoms with Crippen LogP contribution in [0.4, 0.5) is 0 Å². The molecule has 0 atom stereocenters. The predicted octanol–water partition coefficient (Wildman–Crippen LogP) is 5.28. The summed E-state index contributed by atoms with van der Waals surface area (Å²) in [6, 6.07) is 0. The van der Waals surface area contributed by atoms with Gasteiger partial charge in [0.25, 0.3) is 5.97 Å². The van der Waals surface area contributed by atoms with Crippen molar-refractivity contribution >= 4 is 11.9 Å². The van der Waals surface area contributed by atoms with Crippen molar-refractivity contribution in [2.24, 2.45) is 0 Å². The number of carboxylic acids is 1. The molecular formula is C19H34O4. The second-order valence-corrected chi connectivity index (χ2v) is 5.41. The van der Waals surface area contributed by atoms with Crippen molar-refractivity contribution < 1.29 is 19.4 Å². The Morgan fingerprint density at radius 1 is 0.870 bits per heavy atom. The van der Waals surface area contributed by atoms with E-state index in [4.69, 9.17) is 14.6 Å². The zero-order valence-electron chi connectivity index (χ0n) is 15.1. The molecule has 0 aromatic rings. The van der Waals surface area contributed by atoms with E-state index in [0.29, 0.717) is 6.61 Å². The molecule has 0 amide bonds. The van der Waals surface area contributed by atoms with Gasteiger partial charge in [0.1, 0.15) is 0 Å². The van der Waals surface area contributed by atoms with Gasteiger partial charge in [0, 0.05) is 13.8 Å². The molecule has 0 aliphatic heterocycles. The molecule has 0 aromatic heterocycles. The minimum Gasteiger partial charge on any atom is -0.481 e. The minimum absolute atomic E-state index is 0.169. The molecule has 0 fully saturated rings. The zero-order valence-corrected chi connectivity index (χ0v) is 15.1. The summed E-state index contributed by atoms with van der Waals surface area (Å²) in [5, 5.41) is 7.42. The maximum atomic E-state index is 10.5. The summed E-state index contributed by atoms with van der Waals surface area (Å²) >= 11 is 0. The molecule has 0 radical (unpaired) electrons. The Morgan fingerprint density at radius 2 is 1.35 bits per heavy atom. The van der Waals surface area contributed by atoms with Crippen LogP contribution in [-0.2, 0) is 14.3 Å². The molecule has 0 saturated heterocycles. The Hall–Kier alpha value is -1.58. The first kappa shape index (κ1) is 23.7. The van der Waals surface area contributed by atoms with Gasteiger partial charge in [-0.3, -0.25) is 9.59 Å². The van der Waals surface area contributed by atoms with Crippen LogP contribution in [0, 0.1) is 0 Å². The molecule has 0 aliphatic carbocycles. The number of unbranched alkanes of at least 4 members (excludes halogenated alkanes) is 7. The fraction of sp³-hybridized carbons (Fsp3) is 0.684. The number of allylic oxidation sites excluding steroid dienone is 4. The van der Waals surface area contributed by atoms with Crippen molar-refractivity contribution in [3.8, 4) is 0 Å². The van der Waals surface area contributed by atoms with Crippen LogP contribution >= 0.6 is 0 Å². The molecule has 4 heteroatoms. The van der Waals surface area contributed by atoms with Gasteiger partial charge in [-0.2, -0.15) is 0 Å². The van der Waals surface area contributed by atoms with Crippen molar-refractivity contribution in [2.75, 3.05) is 6.61 Å². The van der Waals surface area contributed by atoms with Gasteiger partial charge in [-0.15, -0.1) is 0 Å². The molecule has 0 aliphatic rings. The van der Waals surface area contributed by atoms with Crippen LogP contribution in [0.25, 0.3) is 0 Å². The number of ether oxygens (including phenoxy) is 1. The normalized spacial score (nSPS) is 10.6. The zero-order chi connectivity index (χ0) is 17.8. The number of carbonyl (C=O) groups excluding carboxylic acids is 1. The number of hydrogen-bond donors (Lipinski definition) is 1. The third-order valence-electron chi connectivity index (χ3n) is 2.93. The first-order chi connectivity index (χ1) is 11.0. The van der Waals surface area contributed by atoms with Gasteiger partial charge in [0.15, 0.2) is 0 Å². The lowest BCUT2D eigenvalue weighted by molar-refractivity contribution is -0.141. The van der Waals surface area contributed by atoms with Crippen LogP contribution < -0.4 is 0 Å². The lowest BCUT2D eigenvalue weighted by Gasteiger charge is -2.01. The predicted molar refractivity (Wildman–Crippen MR) is 95.4 cm³/mol. The molecule has 0 saturated carbocycles. The monoisotopic (exact) mass is 326 g/mol. The Labute approximate surface area is 141 Å². The van der Waals surface area contributed by atoms with E-state index in [1.165, 1.54) is 51.9 Å². The van der Waals surface area contributed by atoms with Crippen LogP contribution in [-0.4, -0.2) is 23.7 Å². The van der Waals surface area contributed by atoms with Crippen LogP contribution in [0.15, 0.2) is 24.3 Å². The average molecular weight is 326 g/mol. The maximum Gasteiger partial charge on any atom is 0.302 e. The van der Waals surface area contributed by atoms with Gasteiger partial charge in [-0.1, -0.05) is 63.3 Å². The summed E-state index contributed by atoms with van der Waals surface area (Å²) in [5.74, 6) is -1.00. The van der Waals surface area contributed by atoms with Crippen LogP contribution in [0.2, 0.25) is 0 Å². The quantitative estimate of drug-likeness (QED) is 0.301. The molecule has 0 aromatic carbocycles. The number of esters is 1. The molecule has 0 unspecified atom stereocenters. The van der Waals surface area contributed by atoms with Crippen molar-refractivity contribution in [3.05, 3.63) is 24.3 Å². The Balaban J connectivity index is 0. The highest BCUT2D eigenvalue weighted by molar-refractivity contribution is 5.65. The van der Waals surface area contributed by atoms with Gasteiger partial charge in [0.2, 0.25) is 0 Å². The van der Waals surface area contributed by atoms with Gasteiger partial charge in [-0.05, 0) is 25.7 Å². The van der Waals surface area contributed by atoms with E-state index >= 15 is 0 Å². The third-order valence-corrected chi connectivity index (χ3v) is 2.93. The van der Waals surface area contributed by atoms with Crippen molar-refractivity contribution in [3.63, 3.8) is 0 Å². The fourth-order valence-corrected chi connectivity index (χ4v) is 1.78. The Bertz CT molecular complexity index is 328. The first-order valence-electron chi connectivity index (χ1n) is 8.65.